The number of nitrogens with two attached hydrogens (primary N) is 1. The van der Waals surface area contributed by atoms with Crippen LogP contribution in [0, 0.1) is 6.92 Å². The number of aryl methyl sites for hydroxylation is 1. The van der Waals surface area contributed by atoms with Crippen LogP contribution in [0.1, 0.15) is 17.3 Å². The highest BCUT2D eigenvalue weighted by molar-refractivity contribution is 7.98. The Morgan fingerprint density at radius 3 is 2.81 bits per heavy atom. The lowest BCUT2D eigenvalue weighted by Crippen LogP contribution is -1.95. The van der Waals surface area contributed by atoms with Crippen molar-refractivity contribution in [2.75, 3.05) is 0 Å². The van der Waals surface area contributed by atoms with Crippen molar-refractivity contribution >= 4 is 11.8 Å². The number of nitrogens with zero attached hydrogens (tertiary/aromatic N) is 4. The molecule has 0 fully saturated rings. The molecule has 0 amide bonds. The van der Waals surface area contributed by atoms with E-state index < -0.39 is 0 Å². The Hall–Kier alpha value is -2.19. The van der Waals surface area contributed by atoms with E-state index in [2.05, 4.69) is 20.3 Å². The fourth-order valence-electron chi connectivity index (χ4n) is 1.75. The summed E-state index contributed by atoms with van der Waals surface area (Å²) in [5.74, 6) is 1.96. The van der Waals surface area contributed by atoms with Crippen LogP contribution in [0.25, 0.3) is 11.4 Å². The van der Waals surface area contributed by atoms with Gasteiger partial charge in [0.2, 0.25) is 17.6 Å². The summed E-state index contributed by atoms with van der Waals surface area (Å²) >= 11 is 1.33. The van der Waals surface area contributed by atoms with Crippen LogP contribution < -0.4 is 5.73 Å². The Labute approximate surface area is 124 Å². The molecule has 3 aromatic rings. The molecule has 0 radical (unpaired) electrons. The van der Waals surface area contributed by atoms with E-state index >= 15 is 0 Å². The lowest BCUT2D eigenvalue weighted by atomic mass is 10.1. The molecule has 3 rings (SSSR count). The summed E-state index contributed by atoms with van der Waals surface area (Å²) in [5, 5.41) is 12.1. The summed E-state index contributed by atoms with van der Waals surface area (Å²) in [5.41, 5.74) is 7.46. The third kappa shape index (κ3) is 3.11. The van der Waals surface area contributed by atoms with Gasteiger partial charge >= 0.3 is 0 Å². The zero-order valence-corrected chi connectivity index (χ0v) is 12.1. The van der Waals surface area contributed by atoms with Crippen molar-refractivity contribution < 1.29 is 8.94 Å². The molecule has 21 heavy (non-hydrogen) atoms. The van der Waals surface area contributed by atoms with Crippen molar-refractivity contribution in [1.29, 1.82) is 0 Å². The molecule has 0 aliphatic heterocycles. The van der Waals surface area contributed by atoms with Gasteiger partial charge in [0.1, 0.15) is 0 Å². The molecule has 2 heterocycles. The summed E-state index contributed by atoms with van der Waals surface area (Å²) in [6.45, 7) is 2.23. The molecule has 0 saturated carbocycles. The molecule has 1 aromatic carbocycles. The maximum atomic E-state index is 5.41. The summed E-state index contributed by atoms with van der Waals surface area (Å²) < 4.78 is 10.5. The molecule has 0 unspecified atom stereocenters. The molecule has 2 N–H and O–H groups in total. The Morgan fingerprint density at radius 2 is 2.05 bits per heavy atom. The second kappa shape index (κ2) is 6.06. The van der Waals surface area contributed by atoms with Crippen LogP contribution in [0.15, 0.2) is 38.4 Å². The van der Waals surface area contributed by atoms with Crippen molar-refractivity contribution in [1.82, 2.24) is 20.3 Å². The van der Waals surface area contributed by atoms with Crippen LogP contribution in [-0.2, 0) is 12.3 Å². The summed E-state index contributed by atoms with van der Waals surface area (Å²) in [6, 6.07) is 7.88. The molecular weight excluding hydrogens is 290 g/mol. The monoisotopic (exact) mass is 303 g/mol. The number of rotatable bonds is 5. The number of hydrogen-bond donors (Lipinski definition) is 1. The normalized spacial score (nSPS) is 11.0. The van der Waals surface area contributed by atoms with Crippen LogP contribution in [0.5, 0.6) is 0 Å². The van der Waals surface area contributed by atoms with E-state index in [1.165, 1.54) is 11.8 Å². The molecule has 0 atom stereocenters. The van der Waals surface area contributed by atoms with Gasteiger partial charge in [-0.15, -0.1) is 10.2 Å². The Morgan fingerprint density at radius 1 is 1.19 bits per heavy atom. The number of aromatic nitrogens is 4. The second-order valence-electron chi connectivity index (χ2n) is 4.28. The topological polar surface area (TPSA) is 104 Å². The molecule has 0 saturated heterocycles. The highest BCUT2D eigenvalue weighted by Crippen LogP contribution is 2.24. The fraction of sp³-hybridized carbons (Fsp3) is 0.231. The smallest absolute Gasteiger partial charge is 0.277 e. The van der Waals surface area contributed by atoms with Crippen molar-refractivity contribution in [3.05, 3.63) is 41.6 Å². The molecule has 8 heteroatoms. The zero-order valence-electron chi connectivity index (χ0n) is 11.3. The van der Waals surface area contributed by atoms with Gasteiger partial charge in [0, 0.05) is 5.56 Å². The van der Waals surface area contributed by atoms with E-state index in [4.69, 9.17) is 14.7 Å². The third-order valence-corrected chi connectivity index (χ3v) is 3.60. The highest BCUT2D eigenvalue weighted by Gasteiger charge is 2.12. The van der Waals surface area contributed by atoms with Gasteiger partial charge in [-0.3, -0.25) is 0 Å². The van der Waals surface area contributed by atoms with Gasteiger partial charge < -0.3 is 14.7 Å². The average Bonchev–Trinajstić information content (AvgIpc) is 3.14. The molecule has 7 nitrogen and oxygen atoms in total. The standard InChI is InChI=1S/C13H13N5O2S/c1-8-4-2-3-5-9(8)12-15-11(20-18-12)7-21-13-17-16-10(6-14)19-13/h2-5H,6-7,14H2,1H3. The van der Waals surface area contributed by atoms with Crippen molar-refractivity contribution in [3.63, 3.8) is 0 Å². The Bertz CT molecular complexity index is 740. The Balaban J connectivity index is 1.69. The van der Waals surface area contributed by atoms with Crippen molar-refractivity contribution in [2.45, 2.75) is 24.4 Å². The van der Waals surface area contributed by atoms with Crippen LogP contribution in [0.2, 0.25) is 0 Å². The number of benzene rings is 1. The predicted molar refractivity (Wildman–Crippen MR) is 76.2 cm³/mol. The first-order valence-corrected chi connectivity index (χ1v) is 7.28. The largest absolute Gasteiger partial charge is 0.415 e. The SMILES string of the molecule is Cc1ccccc1-c1noc(CSc2nnc(CN)o2)n1. The minimum atomic E-state index is 0.228. The molecule has 0 aliphatic carbocycles. The van der Waals surface area contributed by atoms with Gasteiger partial charge in [-0.25, -0.2) is 0 Å². The van der Waals surface area contributed by atoms with Gasteiger partial charge in [-0.1, -0.05) is 41.2 Å². The summed E-state index contributed by atoms with van der Waals surface area (Å²) in [4.78, 5) is 4.37. The van der Waals surface area contributed by atoms with Gasteiger partial charge in [0.15, 0.2) is 0 Å². The maximum Gasteiger partial charge on any atom is 0.277 e. The maximum absolute atomic E-state index is 5.41. The van der Waals surface area contributed by atoms with Crippen molar-refractivity contribution in [3.8, 4) is 11.4 Å². The third-order valence-electron chi connectivity index (χ3n) is 2.80. The summed E-state index contributed by atoms with van der Waals surface area (Å²) in [7, 11) is 0. The minimum Gasteiger partial charge on any atom is -0.415 e. The van der Waals surface area contributed by atoms with Crippen LogP contribution in [0.3, 0.4) is 0 Å². The number of hydrogen-bond acceptors (Lipinski definition) is 8. The fourth-order valence-corrected chi connectivity index (χ4v) is 2.37. The molecule has 0 aliphatic rings. The van der Waals surface area contributed by atoms with E-state index in [9.17, 15) is 0 Å². The molecule has 108 valence electrons. The minimum absolute atomic E-state index is 0.228. The molecule has 2 aromatic heterocycles. The summed E-state index contributed by atoms with van der Waals surface area (Å²) in [6.07, 6.45) is 0. The highest BCUT2D eigenvalue weighted by atomic mass is 32.2. The van der Waals surface area contributed by atoms with Gasteiger partial charge in [0.25, 0.3) is 5.22 Å². The van der Waals surface area contributed by atoms with Gasteiger partial charge in [0.05, 0.1) is 12.3 Å². The van der Waals surface area contributed by atoms with Crippen LogP contribution in [0.4, 0.5) is 0 Å². The lowest BCUT2D eigenvalue weighted by molar-refractivity contribution is 0.389. The van der Waals surface area contributed by atoms with Gasteiger partial charge in [-0.05, 0) is 12.5 Å². The quantitative estimate of drug-likeness (QED) is 0.715. The average molecular weight is 303 g/mol. The van der Waals surface area contributed by atoms with Crippen molar-refractivity contribution in [2.24, 2.45) is 5.73 Å². The first kappa shape index (κ1) is 13.8. The van der Waals surface area contributed by atoms with E-state index in [0.717, 1.165) is 11.1 Å². The lowest BCUT2D eigenvalue weighted by Gasteiger charge is -1.97. The molecule has 0 spiro atoms. The van der Waals surface area contributed by atoms with Gasteiger partial charge in [-0.2, -0.15) is 4.98 Å². The van der Waals surface area contributed by atoms with Crippen LogP contribution in [-0.4, -0.2) is 20.3 Å². The Kier molecular flexibility index (Phi) is 3.98. The molecule has 0 bridgehead atoms. The first-order chi connectivity index (χ1) is 10.3. The van der Waals surface area contributed by atoms with Crippen LogP contribution >= 0.6 is 11.8 Å². The zero-order chi connectivity index (χ0) is 14.7. The second-order valence-corrected chi connectivity index (χ2v) is 5.21. The first-order valence-electron chi connectivity index (χ1n) is 6.30. The number of thioether (sulfide) groups is 1. The van der Waals surface area contributed by atoms with E-state index in [1.54, 1.807) is 0 Å². The van der Waals surface area contributed by atoms with E-state index in [0.29, 0.717) is 28.6 Å². The predicted octanol–water partition coefficient (Wildman–Crippen LogP) is 2.18. The van der Waals surface area contributed by atoms with E-state index in [1.807, 2.05) is 31.2 Å². The van der Waals surface area contributed by atoms with E-state index in [-0.39, 0.29) is 6.54 Å². The molecular formula is C13H13N5O2S.